The van der Waals surface area contributed by atoms with Crippen LogP contribution < -0.4 is 0 Å². The topological polar surface area (TPSA) is 25.8 Å². The van der Waals surface area contributed by atoms with E-state index in [-0.39, 0.29) is 0 Å². The third-order valence-corrected chi connectivity index (χ3v) is 1.11. The molecule has 0 aliphatic rings. The van der Waals surface area contributed by atoms with Gasteiger partial charge in [0, 0.05) is 12.4 Å². The van der Waals surface area contributed by atoms with Crippen LogP contribution in [-0.2, 0) is 6.18 Å². The van der Waals surface area contributed by atoms with E-state index in [4.69, 9.17) is 0 Å². The van der Waals surface area contributed by atoms with Crippen molar-refractivity contribution in [3.8, 4) is 0 Å². The second-order valence-corrected chi connectivity index (χ2v) is 2.02. The van der Waals surface area contributed by atoms with Crippen molar-refractivity contribution in [3.05, 3.63) is 23.8 Å². The number of alkyl halides is 3. The standard InChI is InChI=1S/C6H5F3N2.C2H6/c1-4-10-2-5(3-11-4)6(7,8)9;1-2/h2-3H,1H3;1-2H3. The van der Waals surface area contributed by atoms with Crippen LogP contribution in [0.15, 0.2) is 12.4 Å². The SMILES string of the molecule is CC.Cc1ncc(C(F)(F)F)cn1. The second kappa shape index (κ2) is 4.79. The number of aryl methyl sites for hydroxylation is 1. The fourth-order valence-electron chi connectivity index (χ4n) is 0.539. The number of hydrogen-bond donors (Lipinski definition) is 0. The van der Waals surface area contributed by atoms with Gasteiger partial charge in [-0.25, -0.2) is 9.97 Å². The highest BCUT2D eigenvalue weighted by atomic mass is 19.4. The zero-order valence-electron chi connectivity index (χ0n) is 7.68. The van der Waals surface area contributed by atoms with Crippen LogP contribution in [0.2, 0.25) is 0 Å². The van der Waals surface area contributed by atoms with Gasteiger partial charge in [0.2, 0.25) is 0 Å². The van der Waals surface area contributed by atoms with E-state index >= 15 is 0 Å². The molecule has 5 heteroatoms. The minimum absolute atomic E-state index is 0.331. The summed E-state index contributed by atoms with van der Waals surface area (Å²) in [6.45, 7) is 5.53. The number of nitrogens with zero attached hydrogens (tertiary/aromatic N) is 2. The van der Waals surface area contributed by atoms with Crippen LogP contribution in [0, 0.1) is 6.92 Å². The van der Waals surface area contributed by atoms with Crippen LogP contribution >= 0.6 is 0 Å². The van der Waals surface area contributed by atoms with E-state index in [1.165, 1.54) is 6.92 Å². The van der Waals surface area contributed by atoms with Crippen molar-refractivity contribution in [2.24, 2.45) is 0 Å². The molecule has 0 spiro atoms. The van der Waals surface area contributed by atoms with Crippen molar-refractivity contribution < 1.29 is 13.2 Å². The Morgan fingerprint density at radius 2 is 1.46 bits per heavy atom. The Morgan fingerprint density at radius 1 is 1.08 bits per heavy atom. The molecule has 1 aromatic heterocycles. The van der Waals surface area contributed by atoms with Gasteiger partial charge in [0.1, 0.15) is 5.82 Å². The summed E-state index contributed by atoms with van der Waals surface area (Å²) in [4.78, 5) is 6.83. The van der Waals surface area contributed by atoms with Gasteiger partial charge in [-0.2, -0.15) is 13.2 Å². The summed E-state index contributed by atoms with van der Waals surface area (Å²) in [6, 6.07) is 0. The molecule has 0 saturated heterocycles. The van der Waals surface area contributed by atoms with Crippen LogP contribution in [0.1, 0.15) is 25.2 Å². The molecule has 0 N–H and O–H groups in total. The Hall–Kier alpha value is -1.13. The third-order valence-electron chi connectivity index (χ3n) is 1.11. The number of rotatable bonds is 0. The molecule has 1 aromatic rings. The highest BCUT2D eigenvalue weighted by Crippen LogP contribution is 2.27. The maximum absolute atomic E-state index is 11.8. The molecule has 1 rings (SSSR count). The molecule has 2 nitrogen and oxygen atoms in total. The van der Waals surface area contributed by atoms with Gasteiger partial charge in [-0.15, -0.1) is 0 Å². The van der Waals surface area contributed by atoms with Gasteiger partial charge in [-0.1, -0.05) is 13.8 Å². The molecule has 0 aliphatic carbocycles. The lowest BCUT2D eigenvalue weighted by atomic mass is 10.3. The zero-order chi connectivity index (χ0) is 10.5. The van der Waals surface area contributed by atoms with Gasteiger partial charge >= 0.3 is 6.18 Å². The molecule has 0 unspecified atom stereocenters. The molecule has 0 amide bonds. The zero-order valence-corrected chi connectivity index (χ0v) is 7.68. The molecule has 1 heterocycles. The molecule has 0 bridgehead atoms. The van der Waals surface area contributed by atoms with E-state index < -0.39 is 11.7 Å². The van der Waals surface area contributed by atoms with Crippen molar-refractivity contribution in [2.75, 3.05) is 0 Å². The quantitative estimate of drug-likeness (QED) is 0.631. The summed E-state index contributed by atoms with van der Waals surface area (Å²) in [5, 5.41) is 0. The predicted molar refractivity (Wildman–Crippen MR) is 43.1 cm³/mol. The Balaban J connectivity index is 0.000000671. The first-order valence-corrected chi connectivity index (χ1v) is 3.86. The largest absolute Gasteiger partial charge is 0.419 e. The van der Waals surface area contributed by atoms with Gasteiger partial charge in [-0.3, -0.25) is 0 Å². The Labute approximate surface area is 74.8 Å². The first kappa shape index (κ1) is 11.9. The summed E-state index contributed by atoms with van der Waals surface area (Å²) >= 11 is 0. The number of halogens is 3. The summed E-state index contributed by atoms with van der Waals surface area (Å²) in [6.07, 6.45) is -2.81. The van der Waals surface area contributed by atoms with E-state index in [0.29, 0.717) is 5.82 Å². The molecular weight excluding hydrogens is 181 g/mol. The first-order chi connectivity index (χ1) is 6.00. The monoisotopic (exact) mass is 192 g/mol. The average Bonchev–Trinajstić information content (AvgIpc) is 2.07. The van der Waals surface area contributed by atoms with E-state index in [1.807, 2.05) is 13.8 Å². The van der Waals surface area contributed by atoms with Crippen LogP contribution in [0.4, 0.5) is 13.2 Å². The highest BCUT2D eigenvalue weighted by molar-refractivity contribution is 5.08. The van der Waals surface area contributed by atoms with Gasteiger partial charge < -0.3 is 0 Å². The maximum Gasteiger partial charge on any atom is 0.419 e. The lowest BCUT2D eigenvalue weighted by Gasteiger charge is -2.03. The van der Waals surface area contributed by atoms with E-state index in [1.54, 1.807) is 0 Å². The van der Waals surface area contributed by atoms with Crippen LogP contribution in [0.25, 0.3) is 0 Å². The number of aromatic nitrogens is 2. The van der Waals surface area contributed by atoms with Gasteiger partial charge in [0.05, 0.1) is 5.56 Å². The Morgan fingerprint density at radius 3 is 1.77 bits per heavy atom. The molecule has 0 saturated carbocycles. The third kappa shape index (κ3) is 3.87. The summed E-state index contributed by atoms with van der Waals surface area (Å²) in [5.74, 6) is 0.331. The van der Waals surface area contributed by atoms with Gasteiger partial charge in [0.15, 0.2) is 0 Å². The first-order valence-electron chi connectivity index (χ1n) is 3.86. The Bertz CT molecular complexity index is 241. The van der Waals surface area contributed by atoms with Crippen LogP contribution in [0.3, 0.4) is 0 Å². The lowest BCUT2D eigenvalue weighted by molar-refractivity contribution is -0.138. The molecule has 13 heavy (non-hydrogen) atoms. The smallest absolute Gasteiger partial charge is 0.241 e. The average molecular weight is 192 g/mol. The van der Waals surface area contributed by atoms with Crippen LogP contribution in [0.5, 0.6) is 0 Å². The minimum Gasteiger partial charge on any atom is -0.241 e. The summed E-state index contributed by atoms with van der Waals surface area (Å²) in [5.41, 5.74) is -0.817. The lowest BCUT2D eigenvalue weighted by Crippen LogP contribution is -2.06. The molecular formula is C8H11F3N2. The Kier molecular flexibility index (Phi) is 4.37. The van der Waals surface area contributed by atoms with Crippen molar-refractivity contribution >= 4 is 0 Å². The fraction of sp³-hybridized carbons (Fsp3) is 0.500. The van der Waals surface area contributed by atoms with Crippen LogP contribution in [-0.4, -0.2) is 9.97 Å². The molecule has 0 aromatic carbocycles. The normalized spacial score (nSPS) is 10.3. The van der Waals surface area contributed by atoms with E-state index in [9.17, 15) is 13.2 Å². The molecule has 0 radical (unpaired) electrons. The van der Waals surface area contributed by atoms with E-state index in [2.05, 4.69) is 9.97 Å². The van der Waals surface area contributed by atoms with Crippen molar-refractivity contribution in [3.63, 3.8) is 0 Å². The number of hydrogen-bond acceptors (Lipinski definition) is 2. The minimum atomic E-state index is -4.34. The fourth-order valence-corrected chi connectivity index (χ4v) is 0.539. The molecule has 0 fully saturated rings. The molecule has 0 aliphatic heterocycles. The maximum atomic E-state index is 11.8. The predicted octanol–water partition coefficient (Wildman–Crippen LogP) is 2.83. The summed E-state index contributed by atoms with van der Waals surface area (Å²) in [7, 11) is 0. The van der Waals surface area contributed by atoms with Crippen molar-refractivity contribution in [2.45, 2.75) is 26.9 Å². The van der Waals surface area contributed by atoms with E-state index in [0.717, 1.165) is 12.4 Å². The molecule has 0 atom stereocenters. The van der Waals surface area contributed by atoms with Crippen molar-refractivity contribution in [1.29, 1.82) is 0 Å². The van der Waals surface area contributed by atoms with Gasteiger partial charge in [-0.05, 0) is 6.92 Å². The van der Waals surface area contributed by atoms with Crippen molar-refractivity contribution in [1.82, 2.24) is 9.97 Å². The second-order valence-electron chi connectivity index (χ2n) is 2.02. The molecule has 74 valence electrons. The summed E-state index contributed by atoms with van der Waals surface area (Å²) < 4.78 is 35.5. The highest BCUT2D eigenvalue weighted by Gasteiger charge is 2.31. The van der Waals surface area contributed by atoms with Gasteiger partial charge in [0.25, 0.3) is 0 Å².